The topological polar surface area (TPSA) is 84.2 Å². The largest absolute Gasteiger partial charge is 0.481 e. The van der Waals surface area contributed by atoms with Crippen LogP contribution in [0.1, 0.15) is 66.8 Å². The molecule has 0 saturated carbocycles. The summed E-state index contributed by atoms with van der Waals surface area (Å²) in [5.41, 5.74) is 1.40. The van der Waals surface area contributed by atoms with Crippen molar-refractivity contribution in [2.24, 2.45) is 0 Å². The molecule has 1 heterocycles. The molecule has 1 unspecified atom stereocenters. The van der Waals surface area contributed by atoms with Crippen LogP contribution in [0.2, 0.25) is 5.02 Å². The second kappa shape index (κ2) is 8.99. The molecular weight excluding hydrogens is 373 g/mol. The predicted octanol–water partition coefficient (Wildman–Crippen LogP) is 4.29. The molecule has 27 heavy (non-hydrogen) atoms. The van der Waals surface area contributed by atoms with E-state index in [0.717, 1.165) is 18.9 Å². The van der Waals surface area contributed by atoms with Gasteiger partial charge in [-0.25, -0.2) is 4.39 Å². The molecule has 2 rings (SSSR count). The van der Waals surface area contributed by atoms with Crippen molar-refractivity contribution in [3.05, 3.63) is 52.1 Å². The first kappa shape index (κ1) is 20.9. The molecule has 1 aromatic heterocycles. The van der Waals surface area contributed by atoms with Gasteiger partial charge in [-0.05, 0) is 37.5 Å². The van der Waals surface area contributed by atoms with Crippen molar-refractivity contribution in [2.75, 3.05) is 0 Å². The van der Waals surface area contributed by atoms with Crippen molar-refractivity contribution >= 4 is 23.5 Å². The van der Waals surface area contributed by atoms with Gasteiger partial charge in [0.15, 0.2) is 0 Å². The first-order valence-corrected chi connectivity index (χ1v) is 9.17. The number of benzene rings is 1. The molecule has 2 aromatic rings. The van der Waals surface area contributed by atoms with Gasteiger partial charge in [-0.2, -0.15) is 5.10 Å². The number of nitrogens with one attached hydrogen (secondary N) is 1. The van der Waals surface area contributed by atoms with Gasteiger partial charge < -0.3 is 10.4 Å². The van der Waals surface area contributed by atoms with Crippen LogP contribution in [0.5, 0.6) is 0 Å². The standard InChI is InChI=1S/C19H23ClFN3O3/c1-4-13(5-2)24-11(3)14(10-22-24)19(27)23-17(9-18(25)26)12-6-7-15(20)16(21)8-12/h6-8,10,13,17H,4-5,9H2,1-3H3,(H,23,27)(H,25,26). The number of hydrogen-bond acceptors (Lipinski definition) is 3. The van der Waals surface area contributed by atoms with Crippen LogP contribution in [-0.2, 0) is 4.79 Å². The third kappa shape index (κ3) is 4.86. The van der Waals surface area contributed by atoms with E-state index in [0.29, 0.717) is 16.8 Å². The summed E-state index contributed by atoms with van der Waals surface area (Å²) < 4.78 is 15.6. The summed E-state index contributed by atoms with van der Waals surface area (Å²) in [6.07, 6.45) is 2.85. The second-order valence-electron chi connectivity index (χ2n) is 6.36. The Kier molecular flexibility index (Phi) is 6.96. The Balaban J connectivity index is 2.28. The van der Waals surface area contributed by atoms with Crippen molar-refractivity contribution in [3.8, 4) is 0 Å². The summed E-state index contributed by atoms with van der Waals surface area (Å²) in [7, 11) is 0. The smallest absolute Gasteiger partial charge is 0.305 e. The van der Waals surface area contributed by atoms with E-state index in [1.165, 1.54) is 18.3 Å². The van der Waals surface area contributed by atoms with E-state index >= 15 is 0 Å². The zero-order chi connectivity index (χ0) is 20.1. The highest BCUT2D eigenvalue weighted by atomic mass is 35.5. The van der Waals surface area contributed by atoms with Crippen molar-refractivity contribution in [1.82, 2.24) is 15.1 Å². The van der Waals surface area contributed by atoms with Crippen LogP contribution < -0.4 is 5.32 Å². The quantitative estimate of drug-likeness (QED) is 0.698. The summed E-state index contributed by atoms with van der Waals surface area (Å²) in [4.78, 5) is 23.9. The molecule has 1 amide bonds. The SMILES string of the molecule is CCC(CC)n1ncc(C(=O)NC(CC(=O)O)c2ccc(Cl)c(F)c2)c1C. The lowest BCUT2D eigenvalue weighted by atomic mass is 10.0. The third-order valence-electron chi connectivity index (χ3n) is 4.61. The van der Waals surface area contributed by atoms with Crippen LogP contribution in [-0.4, -0.2) is 26.8 Å². The minimum Gasteiger partial charge on any atom is -0.481 e. The van der Waals surface area contributed by atoms with Gasteiger partial charge in [-0.15, -0.1) is 0 Å². The number of carboxylic acid groups (broad SMARTS) is 1. The Morgan fingerprint density at radius 1 is 1.33 bits per heavy atom. The van der Waals surface area contributed by atoms with Crippen LogP contribution >= 0.6 is 11.6 Å². The predicted molar refractivity (Wildman–Crippen MR) is 100 cm³/mol. The summed E-state index contributed by atoms with van der Waals surface area (Å²) in [6.45, 7) is 5.90. The fourth-order valence-electron chi connectivity index (χ4n) is 3.04. The highest BCUT2D eigenvalue weighted by molar-refractivity contribution is 6.30. The summed E-state index contributed by atoms with van der Waals surface area (Å²) in [5.74, 6) is -2.23. The van der Waals surface area contributed by atoms with E-state index < -0.39 is 23.7 Å². The molecule has 1 atom stereocenters. The Morgan fingerprint density at radius 2 is 2.00 bits per heavy atom. The van der Waals surface area contributed by atoms with Crippen molar-refractivity contribution in [2.45, 2.75) is 52.1 Å². The number of carboxylic acids is 1. The summed E-state index contributed by atoms with van der Waals surface area (Å²) in [6, 6.07) is 3.27. The molecule has 0 fully saturated rings. The van der Waals surface area contributed by atoms with E-state index in [-0.39, 0.29) is 17.5 Å². The molecule has 1 aromatic carbocycles. The molecule has 0 saturated heterocycles. The zero-order valence-corrected chi connectivity index (χ0v) is 16.3. The van der Waals surface area contributed by atoms with Crippen molar-refractivity contribution in [1.29, 1.82) is 0 Å². The van der Waals surface area contributed by atoms with E-state index in [1.54, 1.807) is 6.92 Å². The first-order valence-electron chi connectivity index (χ1n) is 8.80. The molecule has 146 valence electrons. The van der Waals surface area contributed by atoms with E-state index in [4.69, 9.17) is 16.7 Å². The Bertz CT molecular complexity index is 834. The van der Waals surface area contributed by atoms with Crippen LogP contribution in [0, 0.1) is 12.7 Å². The minimum atomic E-state index is -1.11. The van der Waals surface area contributed by atoms with Crippen LogP contribution in [0.3, 0.4) is 0 Å². The maximum atomic E-state index is 13.8. The lowest BCUT2D eigenvalue weighted by Gasteiger charge is -2.18. The number of aliphatic carboxylic acids is 1. The van der Waals surface area contributed by atoms with Gasteiger partial charge in [-0.1, -0.05) is 31.5 Å². The van der Waals surface area contributed by atoms with E-state index in [2.05, 4.69) is 10.4 Å². The number of nitrogens with zero attached hydrogens (tertiary/aromatic N) is 2. The fraction of sp³-hybridized carbons (Fsp3) is 0.421. The Labute approximate surface area is 162 Å². The molecule has 0 aliphatic rings. The number of rotatable bonds is 8. The number of carbonyl (C=O) groups is 2. The molecule has 8 heteroatoms. The van der Waals surface area contributed by atoms with Gasteiger partial charge in [0.2, 0.25) is 0 Å². The number of hydrogen-bond donors (Lipinski definition) is 2. The average molecular weight is 396 g/mol. The highest BCUT2D eigenvalue weighted by Gasteiger charge is 2.23. The van der Waals surface area contributed by atoms with Crippen molar-refractivity contribution < 1.29 is 19.1 Å². The lowest BCUT2D eigenvalue weighted by Crippen LogP contribution is -2.30. The van der Waals surface area contributed by atoms with Crippen LogP contribution in [0.4, 0.5) is 4.39 Å². The van der Waals surface area contributed by atoms with Crippen LogP contribution in [0.25, 0.3) is 0 Å². The van der Waals surface area contributed by atoms with Gasteiger partial charge in [0, 0.05) is 5.69 Å². The Hall–Kier alpha value is -2.41. The van der Waals surface area contributed by atoms with Gasteiger partial charge in [0.05, 0.1) is 35.3 Å². The number of amides is 1. The van der Waals surface area contributed by atoms with Crippen molar-refractivity contribution in [3.63, 3.8) is 0 Å². The minimum absolute atomic E-state index is 0.0681. The lowest BCUT2D eigenvalue weighted by molar-refractivity contribution is -0.137. The maximum absolute atomic E-state index is 13.8. The maximum Gasteiger partial charge on any atom is 0.305 e. The second-order valence-corrected chi connectivity index (χ2v) is 6.76. The third-order valence-corrected chi connectivity index (χ3v) is 4.91. The van der Waals surface area contributed by atoms with Gasteiger partial charge >= 0.3 is 5.97 Å². The van der Waals surface area contributed by atoms with Gasteiger partial charge in [0.1, 0.15) is 5.82 Å². The molecular formula is C19H23ClFN3O3. The Morgan fingerprint density at radius 3 is 2.56 bits per heavy atom. The molecule has 0 spiro atoms. The van der Waals surface area contributed by atoms with Crippen LogP contribution in [0.15, 0.2) is 24.4 Å². The number of aromatic nitrogens is 2. The molecule has 6 nitrogen and oxygen atoms in total. The monoisotopic (exact) mass is 395 g/mol. The molecule has 0 bridgehead atoms. The molecule has 0 aliphatic heterocycles. The normalized spacial score (nSPS) is 12.2. The highest BCUT2D eigenvalue weighted by Crippen LogP contribution is 2.24. The van der Waals surface area contributed by atoms with Gasteiger partial charge in [0.25, 0.3) is 5.91 Å². The summed E-state index contributed by atoms with van der Waals surface area (Å²) >= 11 is 5.68. The summed E-state index contributed by atoms with van der Waals surface area (Å²) in [5, 5.41) is 16.1. The molecule has 0 radical (unpaired) electrons. The number of halogens is 2. The van der Waals surface area contributed by atoms with E-state index in [9.17, 15) is 14.0 Å². The fourth-order valence-corrected chi connectivity index (χ4v) is 3.16. The zero-order valence-electron chi connectivity index (χ0n) is 15.5. The number of carbonyl (C=O) groups excluding carboxylic acids is 1. The van der Waals surface area contributed by atoms with E-state index in [1.807, 2.05) is 18.5 Å². The van der Waals surface area contributed by atoms with Gasteiger partial charge in [-0.3, -0.25) is 14.3 Å². The molecule has 0 aliphatic carbocycles. The average Bonchev–Trinajstić information content (AvgIpc) is 2.99. The molecule has 2 N–H and O–H groups in total. The first-order chi connectivity index (χ1) is 12.8.